The summed E-state index contributed by atoms with van der Waals surface area (Å²) in [6.07, 6.45) is 1.20. The molecule has 0 fully saturated rings. The van der Waals surface area contributed by atoms with Crippen molar-refractivity contribution < 1.29 is 8.92 Å². The standard InChI is InChI=1S/C8H11N3O2S2/c1-2-12-8-10-6(14)11-5-3-4-9-7(11)15-13-8/h2-5H2,1H3. The Bertz CT molecular complexity index is 330. The van der Waals surface area contributed by atoms with Gasteiger partial charge in [-0.05, 0) is 25.6 Å². The molecule has 0 aromatic carbocycles. The average molecular weight is 245 g/mol. The highest BCUT2D eigenvalue weighted by molar-refractivity contribution is 8.10. The van der Waals surface area contributed by atoms with Crippen molar-refractivity contribution in [2.45, 2.75) is 13.3 Å². The van der Waals surface area contributed by atoms with E-state index in [2.05, 4.69) is 9.98 Å². The van der Waals surface area contributed by atoms with Gasteiger partial charge in [-0.15, -0.1) is 4.99 Å². The first-order chi connectivity index (χ1) is 7.31. The molecular formula is C8H11N3O2S2. The number of nitrogens with zero attached hydrogens (tertiary/aromatic N) is 3. The van der Waals surface area contributed by atoms with Crippen molar-refractivity contribution in [2.75, 3.05) is 19.7 Å². The lowest BCUT2D eigenvalue weighted by Crippen LogP contribution is -2.36. The highest BCUT2D eigenvalue weighted by Gasteiger charge is 2.25. The van der Waals surface area contributed by atoms with Crippen LogP contribution in [0.25, 0.3) is 0 Å². The molecule has 82 valence electrons. The van der Waals surface area contributed by atoms with Gasteiger partial charge in [0.25, 0.3) is 0 Å². The van der Waals surface area contributed by atoms with Crippen LogP contribution in [0, 0.1) is 0 Å². The lowest BCUT2D eigenvalue weighted by Gasteiger charge is -2.23. The van der Waals surface area contributed by atoms with Crippen LogP contribution in [0.3, 0.4) is 0 Å². The summed E-state index contributed by atoms with van der Waals surface area (Å²) < 4.78 is 10.4. The summed E-state index contributed by atoms with van der Waals surface area (Å²) in [5.41, 5.74) is 0. The van der Waals surface area contributed by atoms with E-state index in [9.17, 15) is 0 Å². The van der Waals surface area contributed by atoms with Crippen molar-refractivity contribution in [1.29, 1.82) is 0 Å². The van der Waals surface area contributed by atoms with Crippen molar-refractivity contribution in [3.05, 3.63) is 0 Å². The van der Waals surface area contributed by atoms with E-state index in [1.165, 1.54) is 0 Å². The molecule has 0 saturated carbocycles. The SMILES string of the molecule is CCOC1=NC(=S)N2CCCN=C2SO1. The Morgan fingerprint density at radius 1 is 1.67 bits per heavy atom. The van der Waals surface area contributed by atoms with Crippen molar-refractivity contribution in [2.24, 2.45) is 9.98 Å². The summed E-state index contributed by atoms with van der Waals surface area (Å²) in [6, 6.07) is 0. The van der Waals surface area contributed by atoms with E-state index in [1.807, 2.05) is 11.8 Å². The van der Waals surface area contributed by atoms with E-state index in [-0.39, 0.29) is 6.08 Å². The maximum atomic E-state index is 5.27. The van der Waals surface area contributed by atoms with Gasteiger partial charge in [0.2, 0.25) is 10.3 Å². The van der Waals surface area contributed by atoms with Crippen LogP contribution in [0.15, 0.2) is 9.98 Å². The van der Waals surface area contributed by atoms with Gasteiger partial charge in [0.1, 0.15) is 12.0 Å². The van der Waals surface area contributed by atoms with E-state index in [1.54, 1.807) is 0 Å². The minimum absolute atomic E-state index is 0.213. The van der Waals surface area contributed by atoms with Crippen molar-refractivity contribution in [3.8, 4) is 0 Å². The second kappa shape index (κ2) is 4.80. The lowest BCUT2D eigenvalue weighted by molar-refractivity contribution is 0.265. The molecule has 7 heteroatoms. The number of thiocarbonyl (C=S) groups is 1. The third-order valence-corrected chi connectivity index (χ3v) is 2.93. The van der Waals surface area contributed by atoms with E-state index in [4.69, 9.17) is 21.1 Å². The molecule has 0 amide bonds. The Hall–Kier alpha value is -0.820. The fraction of sp³-hybridized carbons (Fsp3) is 0.625. The van der Waals surface area contributed by atoms with Crippen LogP contribution in [0.5, 0.6) is 0 Å². The van der Waals surface area contributed by atoms with E-state index < -0.39 is 0 Å². The van der Waals surface area contributed by atoms with Gasteiger partial charge >= 0.3 is 6.08 Å². The largest absolute Gasteiger partial charge is 0.450 e. The van der Waals surface area contributed by atoms with Gasteiger partial charge in [-0.1, -0.05) is 0 Å². The van der Waals surface area contributed by atoms with Crippen LogP contribution < -0.4 is 0 Å². The summed E-state index contributed by atoms with van der Waals surface area (Å²) in [4.78, 5) is 10.3. The normalized spacial score (nSPS) is 20.9. The minimum Gasteiger partial charge on any atom is -0.450 e. The molecule has 0 aromatic heterocycles. The molecule has 0 spiro atoms. The molecule has 2 rings (SSSR count). The molecule has 0 unspecified atom stereocenters. The number of rotatable bonds is 1. The molecule has 0 radical (unpaired) electrons. The molecule has 0 aromatic rings. The Balaban J connectivity index is 2.16. The molecule has 0 saturated heterocycles. The summed E-state index contributed by atoms with van der Waals surface area (Å²) in [5, 5.41) is 1.23. The second-order valence-electron chi connectivity index (χ2n) is 2.93. The lowest BCUT2D eigenvalue weighted by atomic mass is 10.4. The quantitative estimate of drug-likeness (QED) is 0.516. The first-order valence-electron chi connectivity index (χ1n) is 4.73. The molecule has 2 aliphatic rings. The van der Waals surface area contributed by atoms with E-state index >= 15 is 0 Å². The maximum absolute atomic E-state index is 5.27. The van der Waals surface area contributed by atoms with Crippen LogP contribution in [-0.2, 0) is 8.92 Å². The van der Waals surface area contributed by atoms with Crippen LogP contribution in [-0.4, -0.2) is 41.0 Å². The molecule has 2 aliphatic heterocycles. The molecule has 0 atom stereocenters. The summed E-state index contributed by atoms with van der Waals surface area (Å²) >= 11 is 6.32. The zero-order valence-corrected chi connectivity index (χ0v) is 9.94. The van der Waals surface area contributed by atoms with E-state index in [0.717, 1.165) is 36.7 Å². The second-order valence-corrected chi connectivity index (χ2v) is 3.99. The van der Waals surface area contributed by atoms with Crippen molar-refractivity contribution in [1.82, 2.24) is 4.90 Å². The number of amidine groups is 1. The molecule has 0 N–H and O–H groups in total. The highest BCUT2D eigenvalue weighted by atomic mass is 32.2. The minimum atomic E-state index is 0.213. The Morgan fingerprint density at radius 3 is 3.33 bits per heavy atom. The molecule has 2 heterocycles. The van der Waals surface area contributed by atoms with Crippen molar-refractivity contribution in [3.63, 3.8) is 0 Å². The van der Waals surface area contributed by atoms with Crippen LogP contribution >= 0.6 is 24.3 Å². The maximum Gasteiger partial charge on any atom is 0.404 e. The molecular weight excluding hydrogens is 234 g/mol. The first-order valence-corrected chi connectivity index (χ1v) is 5.88. The van der Waals surface area contributed by atoms with Crippen LogP contribution in [0.1, 0.15) is 13.3 Å². The molecule has 15 heavy (non-hydrogen) atoms. The van der Waals surface area contributed by atoms with Crippen LogP contribution in [0.4, 0.5) is 0 Å². The zero-order valence-electron chi connectivity index (χ0n) is 8.30. The van der Waals surface area contributed by atoms with Gasteiger partial charge in [-0.3, -0.25) is 9.89 Å². The third kappa shape index (κ3) is 2.40. The summed E-state index contributed by atoms with van der Waals surface area (Å²) in [5.74, 6) is 0. The number of fused-ring (bicyclic) bond motifs is 1. The van der Waals surface area contributed by atoms with Gasteiger partial charge in [0.05, 0.1) is 6.61 Å². The van der Waals surface area contributed by atoms with Crippen LogP contribution in [0.2, 0.25) is 0 Å². The molecule has 0 aliphatic carbocycles. The van der Waals surface area contributed by atoms with Gasteiger partial charge in [0.15, 0.2) is 0 Å². The number of ether oxygens (including phenoxy) is 1. The summed E-state index contributed by atoms with van der Waals surface area (Å²) in [7, 11) is 0. The molecule has 0 bridgehead atoms. The monoisotopic (exact) mass is 245 g/mol. The van der Waals surface area contributed by atoms with Crippen molar-refractivity contribution >= 4 is 40.6 Å². The fourth-order valence-electron chi connectivity index (χ4n) is 1.24. The van der Waals surface area contributed by atoms with Gasteiger partial charge in [-0.25, -0.2) is 0 Å². The van der Waals surface area contributed by atoms with Gasteiger partial charge in [0, 0.05) is 13.1 Å². The number of aliphatic imine (C=N–C) groups is 2. The number of hydrogen-bond acceptors (Lipinski definition) is 5. The summed E-state index contributed by atoms with van der Waals surface area (Å²) in [6.45, 7) is 4.04. The predicted molar refractivity (Wildman–Crippen MR) is 64.0 cm³/mol. The highest BCUT2D eigenvalue weighted by Crippen LogP contribution is 2.20. The predicted octanol–water partition coefficient (Wildman–Crippen LogP) is 1.40. The smallest absolute Gasteiger partial charge is 0.404 e. The van der Waals surface area contributed by atoms with Gasteiger partial charge in [-0.2, -0.15) is 0 Å². The first kappa shape index (κ1) is 10.7. The van der Waals surface area contributed by atoms with E-state index in [0.29, 0.717) is 11.7 Å². The Kier molecular flexibility index (Phi) is 3.42. The average Bonchev–Trinajstić information content (AvgIpc) is 2.40. The topological polar surface area (TPSA) is 46.4 Å². The van der Waals surface area contributed by atoms with Gasteiger partial charge < -0.3 is 8.92 Å². The molecule has 5 nitrogen and oxygen atoms in total. The number of hydrogen-bond donors (Lipinski definition) is 0. The third-order valence-electron chi connectivity index (χ3n) is 1.89. The Labute approximate surface area is 97.8 Å². The Morgan fingerprint density at radius 2 is 2.53 bits per heavy atom. The fourth-order valence-corrected chi connectivity index (χ4v) is 2.20. The zero-order chi connectivity index (χ0) is 10.7.